The normalized spacial score (nSPS) is 19.6. The summed E-state index contributed by atoms with van der Waals surface area (Å²) in [5.74, 6) is 0.434. The zero-order valence-corrected chi connectivity index (χ0v) is 19.6. The van der Waals surface area contributed by atoms with E-state index in [1.165, 1.54) is 5.56 Å². The first-order chi connectivity index (χ1) is 16.5. The number of pyridine rings is 1. The molecule has 0 bridgehead atoms. The minimum atomic E-state index is -0.706. The molecule has 3 heterocycles. The second-order valence-electron chi connectivity index (χ2n) is 9.07. The van der Waals surface area contributed by atoms with Gasteiger partial charge in [-0.05, 0) is 66.5 Å². The van der Waals surface area contributed by atoms with Crippen molar-refractivity contribution in [1.29, 1.82) is 0 Å². The molecule has 3 aromatic rings. The number of carbonyl (C=O) groups excluding carboxylic acids is 1. The molecule has 178 valence electrons. The Labute approximate surface area is 198 Å². The van der Waals surface area contributed by atoms with Crippen LogP contribution in [0.3, 0.4) is 0 Å². The fraction of sp³-hybridized carbons (Fsp3) is 0.423. The van der Waals surface area contributed by atoms with E-state index in [9.17, 15) is 9.90 Å². The smallest absolute Gasteiger partial charge is 0.255 e. The molecule has 1 aromatic carbocycles. The number of fused-ring (bicyclic) bond motifs is 1. The Kier molecular flexibility index (Phi) is 6.34. The summed E-state index contributed by atoms with van der Waals surface area (Å²) in [6.45, 7) is 0.760. The highest BCUT2D eigenvalue weighted by molar-refractivity contribution is 5.98. The van der Waals surface area contributed by atoms with Crippen molar-refractivity contribution in [2.75, 3.05) is 20.3 Å². The van der Waals surface area contributed by atoms with E-state index < -0.39 is 6.10 Å². The Balaban J connectivity index is 1.43. The number of ether oxygens (including phenoxy) is 2. The monoisotopic (exact) mass is 462 g/mol. The third-order valence-corrected chi connectivity index (χ3v) is 6.75. The third kappa shape index (κ3) is 4.43. The average Bonchev–Trinajstić information content (AvgIpc) is 3.50. The molecule has 0 radical (unpaired) electrons. The second kappa shape index (κ2) is 9.56. The maximum absolute atomic E-state index is 13.3. The molecule has 8 heteroatoms. The summed E-state index contributed by atoms with van der Waals surface area (Å²) in [7, 11) is 3.51. The van der Waals surface area contributed by atoms with Crippen LogP contribution in [0, 0.1) is 0 Å². The molecule has 0 unspecified atom stereocenters. The topological polar surface area (TPSA) is 98.5 Å². The van der Waals surface area contributed by atoms with Crippen LogP contribution in [0.15, 0.2) is 36.8 Å². The van der Waals surface area contributed by atoms with E-state index in [2.05, 4.69) is 21.5 Å². The molecule has 1 fully saturated rings. The number of aromatic nitrogens is 3. The van der Waals surface area contributed by atoms with Crippen LogP contribution in [-0.2, 0) is 31.0 Å². The molecule has 2 aromatic heterocycles. The van der Waals surface area contributed by atoms with E-state index in [0.717, 1.165) is 47.2 Å². The van der Waals surface area contributed by atoms with Gasteiger partial charge in [0.2, 0.25) is 0 Å². The molecule has 1 aliphatic heterocycles. The number of nitrogens with one attached hydrogen (secondary N) is 1. The Morgan fingerprint density at radius 3 is 2.85 bits per heavy atom. The van der Waals surface area contributed by atoms with Crippen molar-refractivity contribution < 1.29 is 19.4 Å². The predicted octanol–water partition coefficient (Wildman–Crippen LogP) is 2.45. The van der Waals surface area contributed by atoms with E-state index in [0.29, 0.717) is 30.8 Å². The maximum Gasteiger partial charge on any atom is 0.255 e. The number of aliphatic hydroxyl groups is 1. The summed E-state index contributed by atoms with van der Waals surface area (Å²) in [5, 5.41) is 17.4. The number of hydrogen-bond donors (Lipinski definition) is 2. The van der Waals surface area contributed by atoms with E-state index in [4.69, 9.17) is 9.47 Å². The van der Waals surface area contributed by atoms with Crippen molar-refractivity contribution in [3.8, 4) is 17.0 Å². The van der Waals surface area contributed by atoms with Gasteiger partial charge in [-0.15, -0.1) is 0 Å². The number of carbonyl (C=O) groups is 1. The highest BCUT2D eigenvalue weighted by Crippen LogP contribution is 2.37. The van der Waals surface area contributed by atoms with E-state index >= 15 is 0 Å². The van der Waals surface area contributed by atoms with Gasteiger partial charge in [0, 0.05) is 31.6 Å². The number of amides is 1. The minimum absolute atomic E-state index is 0.219. The van der Waals surface area contributed by atoms with E-state index in [-0.39, 0.29) is 18.6 Å². The molecule has 2 atom stereocenters. The molecule has 1 amide bonds. The van der Waals surface area contributed by atoms with Gasteiger partial charge in [0.15, 0.2) is 0 Å². The lowest BCUT2D eigenvalue weighted by molar-refractivity contribution is -0.0261. The van der Waals surface area contributed by atoms with Crippen LogP contribution in [0.1, 0.15) is 45.5 Å². The second-order valence-corrected chi connectivity index (χ2v) is 9.07. The first-order valence-corrected chi connectivity index (χ1v) is 11.8. The molecule has 0 spiro atoms. The molecular formula is C26H30N4O4. The largest absolute Gasteiger partial charge is 0.496 e. The Bertz CT molecular complexity index is 1190. The van der Waals surface area contributed by atoms with Gasteiger partial charge in [-0.1, -0.05) is 6.07 Å². The zero-order chi connectivity index (χ0) is 23.7. The van der Waals surface area contributed by atoms with Gasteiger partial charge in [0.25, 0.3) is 5.91 Å². The van der Waals surface area contributed by atoms with E-state index in [1.807, 2.05) is 31.6 Å². The standard InChI is InChI=1S/C26H30N4O4/c1-30-14-18(13-28-30)22-7-6-16(12-27-22)10-17-11-21(25(33-2)20-5-3-4-19(17)20)26(32)29-23-8-9-34-15-24(23)31/h6-7,11-14,23-24,31H,3-5,8-10,15H2,1-2H3,(H,29,32)/t23-,24-/m0/s1. The summed E-state index contributed by atoms with van der Waals surface area (Å²) < 4.78 is 12.8. The van der Waals surface area contributed by atoms with Crippen LogP contribution < -0.4 is 10.1 Å². The van der Waals surface area contributed by atoms with Crippen molar-refractivity contribution in [2.45, 2.75) is 44.2 Å². The first-order valence-electron chi connectivity index (χ1n) is 11.8. The van der Waals surface area contributed by atoms with Gasteiger partial charge in [0.1, 0.15) is 5.75 Å². The van der Waals surface area contributed by atoms with Gasteiger partial charge in [-0.2, -0.15) is 5.10 Å². The van der Waals surface area contributed by atoms with Crippen molar-refractivity contribution in [2.24, 2.45) is 7.05 Å². The van der Waals surface area contributed by atoms with Crippen LogP contribution in [0.5, 0.6) is 5.75 Å². The van der Waals surface area contributed by atoms with Gasteiger partial charge in [-0.3, -0.25) is 14.5 Å². The van der Waals surface area contributed by atoms with Crippen LogP contribution in [0.25, 0.3) is 11.3 Å². The summed E-state index contributed by atoms with van der Waals surface area (Å²) in [4.78, 5) is 17.9. The number of benzene rings is 1. The molecule has 2 aliphatic rings. The van der Waals surface area contributed by atoms with Crippen LogP contribution in [0.4, 0.5) is 0 Å². The maximum atomic E-state index is 13.3. The van der Waals surface area contributed by atoms with Crippen LogP contribution >= 0.6 is 0 Å². The van der Waals surface area contributed by atoms with E-state index in [1.54, 1.807) is 18.0 Å². The lowest BCUT2D eigenvalue weighted by Crippen LogP contribution is -2.48. The molecule has 0 saturated carbocycles. The predicted molar refractivity (Wildman–Crippen MR) is 127 cm³/mol. The molecule has 2 N–H and O–H groups in total. The minimum Gasteiger partial charge on any atom is -0.496 e. The molecule has 1 aliphatic carbocycles. The lowest BCUT2D eigenvalue weighted by atomic mass is 9.93. The number of hydrogen-bond acceptors (Lipinski definition) is 6. The van der Waals surface area contributed by atoms with Crippen molar-refractivity contribution in [3.05, 3.63) is 64.6 Å². The fourth-order valence-electron chi connectivity index (χ4n) is 5.01. The van der Waals surface area contributed by atoms with Gasteiger partial charge in [0.05, 0.1) is 43.3 Å². The summed E-state index contributed by atoms with van der Waals surface area (Å²) in [6.07, 6.45) is 9.12. The number of rotatable bonds is 6. The van der Waals surface area contributed by atoms with Crippen molar-refractivity contribution in [1.82, 2.24) is 20.1 Å². The zero-order valence-electron chi connectivity index (χ0n) is 19.6. The fourth-order valence-corrected chi connectivity index (χ4v) is 5.01. The summed E-state index contributed by atoms with van der Waals surface area (Å²) in [6, 6.07) is 5.72. The summed E-state index contributed by atoms with van der Waals surface area (Å²) in [5.41, 5.74) is 6.99. The lowest BCUT2D eigenvalue weighted by Gasteiger charge is -2.29. The van der Waals surface area contributed by atoms with Gasteiger partial charge in [-0.25, -0.2) is 0 Å². The van der Waals surface area contributed by atoms with Crippen LogP contribution in [-0.4, -0.2) is 58.2 Å². The third-order valence-electron chi connectivity index (χ3n) is 6.75. The summed E-state index contributed by atoms with van der Waals surface area (Å²) >= 11 is 0. The van der Waals surface area contributed by atoms with Crippen molar-refractivity contribution >= 4 is 5.91 Å². The molecule has 1 saturated heterocycles. The Hall–Kier alpha value is -3.23. The number of aryl methyl sites for hydroxylation is 1. The van der Waals surface area contributed by atoms with Crippen LogP contribution in [0.2, 0.25) is 0 Å². The molecular weight excluding hydrogens is 432 g/mol. The Morgan fingerprint density at radius 1 is 1.29 bits per heavy atom. The highest BCUT2D eigenvalue weighted by Gasteiger charge is 2.29. The molecule has 8 nitrogen and oxygen atoms in total. The molecule has 5 rings (SSSR count). The average molecular weight is 463 g/mol. The van der Waals surface area contributed by atoms with Gasteiger partial charge < -0.3 is 19.9 Å². The number of nitrogens with zero attached hydrogens (tertiary/aromatic N) is 3. The SMILES string of the molecule is COc1c(C(=O)N[C@H]2CCOC[C@@H]2O)cc(Cc2ccc(-c3cnn(C)c3)nc2)c2c1CCC2. The quantitative estimate of drug-likeness (QED) is 0.584. The first kappa shape index (κ1) is 22.6. The number of methoxy groups -OCH3 is 1. The molecule has 34 heavy (non-hydrogen) atoms. The highest BCUT2D eigenvalue weighted by atomic mass is 16.5. The Morgan fingerprint density at radius 2 is 2.15 bits per heavy atom. The van der Waals surface area contributed by atoms with Crippen molar-refractivity contribution in [3.63, 3.8) is 0 Å². The van der Waals surface area contributed by atoms with Gasteiger partial charge >= 0.3 is 0 Å². The number of aliphatic hydroxyl groups excluding tert-OH is 1.